The standard InChI is InChI=1S/C19H21N3O5S/c1-11(2)18(12-3-6-16-17(9-12)27-8-7-26-16)22-28(24,25)13-4-5-14-15(10-13)21-19(23)20-14/h3-6,9-11,18,22H,7-8H2,1-2H3,(H2,20,21,23)/t18-/m1/s1. The largest absolute Gasteiger partial charge is 0.486 e. The molecule has 0 bridgehead atoms. The van der Waals surface area contributed by atoms with Crippen molar-refractivity contribution in [3.63, 3.8) is 0 Å². The number of hydrogen-bond donors (Lipinski definition) is 3. The zero-order valence-electron chi connectivity index (χ0n) is 15.5. The smallest absolute Gasteiger partial charge is 0.323 e. The number of sulfonamides is 1. The van der Waals surface area contributed by atoms with Crippen LogP contribution in [0.4, 0.5) is 0 Å². The van der Waals surface area contributed by atoms with Gasteiger partial charge in [-0.15, -0.1) is 0 Å². The number of imidazole rings is 1. The van der Waals surface area contributed by atoms with Crippen LogP contribution in [-0.2, 0) is 10.0 Å². The van der Waals surface area contributed by atoms with Crippen LogP contribution in [0.25, 0.3) is 11.0 Å². The number of fused-ring (bicyclic) bond motifs is 2. The second-order valence-electron chi connectivity index (χ2n) is 7.03. The highest BCUT2D eigenvalue weighted by atomic mass is 32.2. The van der Waals surface area contributed by atoms with Crippen LogP contribution in [0.3, 0.4) is 0 Å². The third-order valence-corrected chi connectivity index (χ3v) is 6.11. The van der Waals surface area contributed by atoms with Gasteiger partial charge in [-0.3, -0.25) is 0 Å². The quantitative estimate of drug-likeness (QED) is 0.605. The van der Waals surface area contributed by atoms with Crippen LogP contribution in [0.1, 0.15) is 25.5 Å². The lowest BCUT2D eigenvalue weighted by Crippen LogP contribution is -2.32. The summed E-state index contributed by atoms with van der Waals surface area (Å²) in [6, 6.07) is 9.47. The van der Waals surface area contributed by atoms with Crippen molar-refractivity contribution in [2.24, 2.45) is 5.92 Å². The van der Waals surface area contributed by atoms with E-state index in [4.69, 9.17) is 9.47 Å². The van der Waals surface area contributed by atoms with Crippen molar-refractivity contribution in [1.29, 1.82) is 0 Å². The highest BCUT2D eigenvalue weighted by Crippen LogP contribution is 2.35. The number of nitrogens with one attached hydrogen (secondary N) is 3. The number of H-pyrrole nitrogens is 2. The van der Waals surface area contributed by atoms with Crippen molar-refractivity contribution in [1.82, 2.24) is 14.7 Å². The summed E-state index contributed by atoms with van der Waals surface area (Å²) >= 11 is 0. The van der Waals surface area contributed by atoms with Gasteiger partial charge in [-0.2, -0.15) is 0 Å². The Balaban J connectivity index is 1.67. The Morgan fingerprint density at radius 3 is 2.43 bits per heavy atom. The van der Waals surface area contributed by atoms with E-state index in [0.29, 0.717) is 35.7 Å². The van der Waals surface area contributed by atoms with Crippen molar-refractivity contribution >= 4 is 21.1 Å². The summed E-state index contributed by atoms with van der Waals surface area (Å²) < 4.78 is 39.9. The van der Waals surface area contributed by atoms with Crippen LogP contribution in [0, 0.1) is 5.92 Å². The maximum Gasteiger partial charge on any atom is 0.323 e. The minimum Gasteiger partial charge on any atom is -0.486 e. The first-order valence-corrected chi connectivity index (χ1v) is 10.5. The second kappa shape index (κ2) is 6.99. The summed E-state index contributed by atoms with van der Waals surface area (Å²) in [5, 5.41) is 0. The lowest BCUT2D eigenvalue weighted by molar-refractivity contribution is 0.171. The molecule has 4 rings (SSSR count). The molecule has 1 aliphatic rings. The Kier molecular flexibility index (Phi) is 4.64. The minimum absolute atomic E-state index is 0.00636. The van der Waals surface area contributed by atoms with Crippen LogP contribution < -0.4 is 19.9 Å². The first kappa shape index (κ1) is 18.6. The molecule has 0 radical (unpaired) electrons. The maximum atomic E-state index is 13.0. The number of aromatic nitrogens is 2. The highest BCUT2D eigenvalue weighted by molar-refractivity contribution is 7.89. The fraction of sp³-hybridized carbons (Fsp3) is 0.316. The van der Waals surface area contributed by atoms with E-state index in [1.165, 1.54) is 12.1 Å². The highest BCUT2D eigenvalue weighted by Gasteiger charge is 2.26. The van der Waals surface area contributed by atoms with Gasteiger partial charge >= 0.3 is 5.69 Å². The molecule has 2 aromatic carbocycles. The van der Waals surface area contributed by atoms with E-state index < -0.39 is 16.1 Å². The molecule has 0 fully saturated rings. The third-order valence-electron chi connectivity index (χ3n) is 4.67. The summed E-state index contributed by atoms with van der Waals surface area (Å²) in [5.74, 6) is 1.26. The van der Waals surface area contributed by atoms with Crippen molar-refractivity contribution in [2.45, 2.75) is 24.8 Å². The van der Waals surface area contributed by atoms with Crippen LogP contribution >= 0.6 is 0 Å². The molecule has 0 amide bonds. The Morgan fingerprint density at radius 2 is 1.68 bits per heavy atom. The maximum absolute atomic E-state index is 13.0. The molecule has 1 atom stereocenters. The molecule has 8 nitrogen and oxygen atoms in total. The summed E-state index contributed by atoms with van der Waals surface area (Å²) in [7, 11) is -3.81. The monoisotopic (exact) mass is 403 g/mol. The predicted molar refractivity (Wildman–Crippen MR) is 104 cm³/mol. The number of aromatic amines is 2. The van der Waals surface area contributed by atoms with Crippen LogP contribution in [0.2, 0.25) is 0 Å². The molecule has 148 valence electrons. The van der Waals surface area contributed by atoms with E-state index in [-0.39, 0.29) is 16.5 Å². The molecule has 2 heterocycles. The lowest BCUT2D eigenvalue weighted by atomic mass is 9.97. The van der Waals surface area contributed by atoms with E-state index in [1.54, 1.807) is 12.1 Å². The predicted octanol–water partition coefficient (Wildman–Crippen LogP) is 2.30. The number of benzene rings is 2. The number of hydrogen-bond acceptors (Lipinski definition) is 5. The number of ether oxygens (including phenoxy) is 2. The van der Waals surface area contributed by atoms with Crippen LogP contribution in [0.5, 0.6) is 11.5 Å². The van der Waals surface area contributed by atoms with Crippen molar-refractivity contribution in [3.8, 4) is 11.5 Å². The molecule has 3 N–H and O–H groups in total. The molecule has 0 saturated heterocycles. The Labute approximate surface area is 161 Å². The molecule has 1 aliphatic heterocycles. The molecule has 28 heavy (non-hydrogen) atoms. The van der Waals surface area contributed by atoms with Gasteiger partial charge < -0.3 is 19.4 Å². The average molecular weight is 403 g/mol. The Morgan fingerprint density at radius 1 is 0.964 bits per heavy atom. The molecule has 0 aliphatic carbocycles. The van der Waals surface area contributed by atoms with Gasteiger partial charge in [0.25, 0.3) is 0 Å². The van der Waals surface area contributed by atoms with Gasteiger partial charge in [-0.25, -0.2) is 17.9 Å². The lowest BCUT2D eigenvalue weighted by Gasteiger charge is -2.25. The van der Waals surface area contributed by atoms with E-state index >= 15 is 0 Å². The summed E-state index contributed by atoms with van der Waals surface area (Å²) in [6.07, 6.45) is 0. The SMILES string of the molecule is CC(C)[C@@H](NS(=O)(=O)c1ccc2[nH]c(=O)[nH]c2c1)c1ccc2c(c1)OCCO2. The molecule has 0 saturated carbocycles. The minimum atomic E-state index is -3.81. The van der Waals surface area contributed by atoms with Crippen molar-refractivity contribution in [2.75, 3.05) is 13.2 Å². The average Bonchev–Trinajstić information content (AvgIpc) is 3.04. The number of rotatable bonds is 5. The fourth-order valence-corrected chi connectivity index (χ4v) is 4.66. The van der Waals surface area contributed by atoms with Gasteiger partial charge in [0, 0.05) is 6.04 Å². The first-order valence-electron chi connectivity index (χ1n) is 8.97. The fourth-order valence-electron chi connectivity index (χ4n) is 3.26. The molecule has 0 spiro atoms. The third kappa shape index (κ3) is 3.50. The normalized spacial score (nSPS) is 15.1. The van der Waals surface area contributed by atoms with Crippen molar-refractivity contribution in [3.05, 3.63) is 52.4 Å². The zero-order chi connectivity index (χ0) is 19.9. The summed E-state index contributed by atoms with van der Waals surface area (Å²) in [5.41, 5.74) is 1.40. The zero-order valence-corrected chi connectivity index (χ0v) is 16.3. The molecule has 3 aromatic rings. The first-order chi connectivity index (χ1) is 13.3. The molecular weight excluding hydrogens is 382 g/mol. The molecule has 0 unspecified atom stereocenters. The van der Waals surface area contributed by atoms with E-state index in [0.717, 1.165) is 5.56 Å². The molecule has 9 heteroatoms. The van der Waals surface area contributed by atoms with Crippen molar-refractivity contribution < 1.29 is 17.9 Å². The Bertz CT molecular complexity index is 1180. The van der Waals surface area contributed by atoms with Gasteiger partial charge in [0.2, 0.25) is 10.0 Å². The second-order valence-corrected chi connectivity index (χ2v) is 8.75. The van der Waals surface area contributed by atoms with E-state index in [2.05, 4.69) is 14.7 Å². The van der Waals surface area contributed by atoms with Gasteiger partial charge in [-0.05, 0) is 41.8 Å². The van der Waals surface area contributed by atoms with Crippen LogP contribution in [-0.4, -0.2) is 31.6 Å². The van der Waals surface area contributed by atoms with E-state index in [9.17, 15) is 13.2 Å². The van der Waals surface area contributed by atoms with Gasteiger partial charge in [0.15, 0.2) is 11.5 Å². The molecular formula is C19H21N3O5S. The van der Waals surface area contributed by atoms with Gasteiger partial charge in [-0.1, -0.05) is 19.9 Å². The van der Waals surface area contributed by atoms with Gasteiger partial charge in [0.1, 0.15) is 13.2 Å². The molecule has 1 aromatic heterocycles. The Hall–Kier alpha value is -2.78. The topological polar surface area (TPSA) is 113 Å². The van der Waals surface area contributed by atoms with E-state index in [1.807, 2.05) is 26.0 Å². The van der Waals surface area contributed by atoms with Crippen LogP contribution in [0.15, 0.2) is 46.1 Å². The summed E-state index contributed by atoms with van der Waals surface area (Å²) in [6.45, 7) is 4.84. The van der Waals surface area contributed by atoms with Gasteiger partial charge in [0.05, 0.1) is 15.9 Å². The summed E-state index contributed by atoms with van der Waals surface area (Å²) in [4.78, 5) is 16.7.